The average Bonchev–Trinajstić information content (AvgIpc) is 3.75. The molecule has 241 valence electrons. The molecule has 4 heteroatoms. The van der Waals surface area contributed by atoms with Crippen molar-refractivity contribution in [2.75, 3.05) is 5.32 Å². The Labute approximate surface area is 306 Å². The monoisotopic (exact) mass is 677 g/mol. The number of nitrogens with one attached hydrogen (secondary N) is 1. The van der Waals surface area contributed by atoms with Crippen LogP contribution in [0.15, 0.2) is 176 Å². The van der Waals surface area contributed by atoms with Gasteiger partial charge in [-0.2, -0.15) is 0 Å². The fourth-order valence-corrected chi connectivity index (χ4v) is 9.48. The van der Waals surface area contributed by atoms with Crippen molar-refractivity contribution < 1.29 is 0 Å². The first-order valence-electron chi connectivity index (χ1n) is 17.8. The summed E-state index contributed by atoms with van der Waals surface area (Å²) in [7, 11) is 2.42. The summed E-state index contributed by atoms with van der Waals surface area (Å²) >= 11 is 1.86. The molecule has 1 aliphatic heterocycles. The molecule has 2 nitrogen and oxygen atoms in total. The van der Waals surface area contributed by atoms with Crippen molar-refractivity contribution >= 4 is 82.9 Å². The van der Waals surface area contributed by atoms with Crippen LogP contribution in [0.25, 0.3) is 81.0 Å². The van der Waals surface area contributed by atoms with E-state index in [0.29, 0.717) is 0 Å². The fraction of sp³-hybridized carbons (Fsp3) is 0. The summed E-state index contributed by atoms with van der Waals surface area (Å²) in [4.78, 5) is 0. The van der Waals surface area contributed by atoms with Gasteiger partial charge in [0.05, 0.1) is 5.52 Å². The second kappa shape index (κ2) is 11.6. The topological polar surface area (TPSA) is 17.0 Å². The van der Waals surface area contributed by atoms with Gasteiger partial charge >= 0.3 is 0 Å². The van der Waals surface area contributed by atoms with Crippen molar-refractivity contribution in [2.45, 2.75) is 0 Å². The number of thiophene rings is 1. The largest absolute Gasteiger partial charge is 0.355 e. The van der Waals surface area contributed by atoms with E-state index in [2.05, 4.69) is 193 Å². The van der Waals surface area contributed by atoms with E-state index in [-0.39, 0.29) is 0 Å². The third kappa shape index (κ3) is 4.44. The lowest BCUT2D eigenvalue weighted by atomic mass is 9.58. The van der Waals surface area contributed by atoms with Crippen molar-refractivity contribution in [2.24, 2.45) is 0 Å². The number of hydrogen-bond donors (Lipinski definition) is 1. The molecule has 0 amide bonds. The normalized spacial score (nSPS) is 12.0. The third-order valence-electron chi connectivity index (χ3n) is 10.6. The molecule has 8 aromatic carbocycles. The third-order valence-corrected chi connectivity index (χ3v) is 11.8. The van der Waals surface area contributed by atoms with Gasteiger partial charge in [0.15, 0.2) is 7.28 Å². The maximum absolute atomic E-state index is 3.87. The van der Waals surface area contributed by atoms with Crippen LogP contribution in [-0.2, 0) is 0 Å². The van der Waals surface area contributed by atoms with Crippen molar-refractivity contribution in [3.05, 3.63) is 176 Å². The van der Waals surface area contributed by atoms with Gasteiger partial charge in [0, 0.05) is 59.1 Å². The Morgan fingerprint density at radius 1 is 0.481 bits per heavy atom. The van der Waals surface area contributed by atoms with E-state index in [0.717, 1.165) is 11.4 Å². The molecule has 2 aromatic heterocycles. The summed E-state index contributed by atoms with van der Waals surface area (Å²) in [6.07, 6.45) is 0. The maximum atomic E-state index is 3.87. The van der Waals surface area contributed by atoms with Gasteiger partial charge in [-0.1, -0.05) is 133 Å². The standard InChI is InChI=1S/C48H30BN2S/c1-3-15-30(16-4-1)32-19-7-8-20-33(32)38-28-39(47-48-46(38)35-22-9-12-24-42(35)51(48)43-25-13-11-23-40(43)49-47)36-27-37-34-21-10-14-26-44(34)52-45(37)29-41(36)50-31-17-5-2-6-18-31/h1-29,50H. The zero-order valence-electron chi connectivity index (χ0n) is 28.2. The first-order chi connectivity index (χ1) is 25.8. The fourth-order valence-electron chi connectivity index (χ4n) is 8.35. The van der Waals surface area contributed by atoms with E-state index in [1.807, 2.05) is 11.3 Å². The number of benzene rings is 8. The molecule has 0 spiro atoms. The van der Waals surface area contributed by atoms with Crippen LogP contribution >= 0.6 is 11.3 Å². The maximum Gasteiger partial charge on any atom is 0.197 e. The smallest absolute Gasteiger partial charge is 0.197 e. The highest BCUT2D eigenvalue weighted by molar-refractivity contribution is 7.25. The van der Waals surface area contributed by atoms with Crippen LogP contribution < -0.4 is 16.2 Å². The lowest BCUT2D eigenvalue weighted by Gasteiger charge is -2.25. The number of hydrogen-bond acceptors (Lipinski definition) is 2. The molecule has 10 aromatic rings. The van der Waals surface area contributed by atoms with Crippen LogP contribution in [0.2, 0.25) is 0 Å². The number of fused-ring (bicyclic) bond motifs is 8. The predicted octanol–water partition coefficient (Wildman–Crippen LogP) is 11.9. The second-order valence-corrected chi connectivity index (χ2v) is 14.6. The summed E-state index contributed by atoms with van der Waals surface area (Å²) in [6.45, 7) is 0. The van der Waals surface area contributed by atoms with Gasteiger partial charge in [-0.15, -0.1) is 11.3 Å². The lowest BCUT2D eigenvalue weighted by Crippen LogP contribution is -2.37. The van der Waals surface area contributed by atoms with E-state index >= 15 is 0 Å². The summed E-state index contributed by atoms with van der Waals surface area (Å²) < 4.78 is 5.09. The molecule has 1 N–H and O–H groups in total. The average molecular weight is 678 g/mol. The Bertz CT molecular complexity index is 3010. The van der Waals surface area contributed by atoms with Crippen molar-refractivity contribution in [3.63, 3.8) is 0 Å². The number of para-hydroxylation sites is 3. The van der Waals surface area contributed by atoms with Crippen LogP contribution in [0.5, 0.6) is 0 Å². The molecule has 0 bridgehead atoms. The molecule has 1 radical (unpaired) electrons. The van der Waals surface area contributed by atoms with Gasteiger partial charge < -0.3 is 9.88 Å². The highest BCUT2D eigenvalue weighted by Gasteiger charge is 2.29. The van der Waals surface area contributed by atoms with Gasteiger partial charge in [-0.25, -0.2) is 0 Å². The number of nitrogens with zero attached hydrogens (tertiary/aromatic N) is 1. The van der Waals surface area contributed by atoms with Crippen molar-refractivity contribution in [3.8, 4) is 39.1 Å². The van der Waals surface area contributed by atoms with Gasteiger partial charge in [-0.05, 0) is 81.8 Å². The Kier molecular flexibility index (Phi) is 6.55. The molecule has 3 heterocycles. The molecule has 0 fully saturated rings. The quantitative estimate of drug-likeness (QED) is 0.179. The molecule has 1 aliphatic rings. The number of aromatic nitrogens is 1. The van der Waals surface area contributed by atoms with Gasteiger partial charge in [0.2, 0.25) is 0 Å². The van der Waals surface area contributed by atoms with Gasteiger partial charge in [0.25, 0.3) is 0 Å². The summed E-state index contributed by atoms with van der Waals surface area (Å²) in [5, 5.41) is 8.98. The molecule has 0 aliphatic carbocycles. The Morgan fingerprint density at radius 3 is 2.04 bits per heavy atom. The Hall–Kier alpha value is -6.36. The minimum atomic E-state index is 1.07. The molecule has 0 atom stereocenters. The predicted molar refractivity (Wildman–Crippen MR) is 225 cm³/mol. The minimum absolute atomic E-state index is 1.07. The molecule has 0 saturated heterocycles. The van der Waals surface area contributed by atoms with Crippen LogP contribution in [0.1, 0.15) is 0 Å². The highest BCUT2D eigenvalue weighted by atomic mass is 32.1. The Balaban J connectivity index is 1.31. The second-order valence-electron chi connectivity index (χ2n) is 13.6. The molecular formula is C48H30BN2S. The van der Waals surface area contributed by atoms with Crippen molar-refractivity contribution in [1.82, 2.24) is 4.57 Å². The molecule has 11 rings (SSSR count). The number of anilines is 2. The molecular weight excluding hydrogens is 647 g/mol. The zero-order chi connectivity index (χ0) is 34.2. The molecule has 0 unspecified atom stereocenters. The van der Waals surface area contributed by atoms with E-state index in [1.165, 1.54) is 92.0 Å². The van der Waals surface area contributed by atoms with E-state index in [4.69, 9.17) is 0 Å². The van der Waals surface area contributed by atoms with Gasteiger partial charge in [-0.3, -0.25) is 0 Å². The first kappa shape index (κ1) is 29.4. The van der Waals surface area contributed by atoms with Crippen molar-refractivity contribution in [1.29, 1.82) is 0 Å². The van der Waals surface area contributed by atoms with Crippen LogP contribution in [-0.4, -0.2) is 11.8 Å². The number of rotatable bonds is 5. The summed E-state index contributed by atoms with van der Waals surface area (Å²) in [6, 6.07) is 64.1. The first-order valence-corrected chi connectivity index (χ1v) is 18.6. The van der Waals surface area contributed by atoms with E-state index in [9.17, 15) is 0 Å². The zero-order valence-corrected chi connectivity index (χ0v) is 29.0. The molecule has 0 saturated carbocycles. The van der Waals surface area contributed by atoms with E-state index < -0.39 is 0 Å². The summed E-state index contributed by atoms with van der Waals surface area (Å²) in [5.74, 6) is 0. The minimum Gasteiger partial charge on any atom is -0.355 e. The van der Waals surface area contributed by atoms with Crippen LogP contribution in [0, 0.1) is 0 Å². The van der Waals surface area contributed by atoms with Crippen LogP contribution in [0.4, 0.5) is 11.4 Å². The van der Waals surface area contributed by atoms with Gasteiger partial charge in [0.1, 0.15) is 0 Å². The van der Waals surface area contributed by atoms with Crippen LogP contribution in [0.3, 0.4) is 0 Å². The Morgan fingerprint density at radius 2 is 1.17 bits per heavy atom. The van der Waals surface area contributed by atoms with E-state index in [1.54, 1.807) is 0 Å². The summed E-state index contributed by atoms with van der Waals surface area (Å²) in [5.41, 5.74) is 15.6. The SMILES string of the molecule is [B]1c2ccccc2-n2c3ccccc3c3c(-c4ccccc4-c4ccccc4)cc(-c4cc5c(cc4Nc4ccccc4)sc4ccccc45)c1c32. The highest BCUT2D eigenvalue weighted by Crippen LogP contribution is 2.47. The molecule has 52 heavy (non-hydrogen) atoms. The lowest BCUT2D eigenvalue weighted by molar-refractivity contribution is 1.19.